The van der Waals surface area contributed by atoms with Gasteiger partial charge in [0.05, 0.1) is 10.4 Å². The molecule has 0 amide bonds. The van der Waals surface area contributed by atoms with E-state index in [-0.39, 0.29) is 4.88 Å². The van der Waals surface area contributed by atoms with Gasteiger partial charge in [-0.25, -0.2) is 0 Å². The number of alkyl halides is 3. The maximum atomic E-state index is 11.8. The average Bonchev–Trinajstić information content (AvgIpc) is 2.32. The zero-order chi connectivity index (χ0) is 8.48. The zero-order valence-electron chi connectivity index (χ0n) is 5.18. The second-order valence-electron chi connectivity index (χ2n) is 1.85. The monoisotopic (exact) mass is 180 g/mol. The molecular formula is C6H3F3OS. The molecule has 1 nitrogen and oxygen atoms in total. The molecule has 0 aliphatic carbocycles. The van der Waals surface area contributed by atoms with E-state index in [9.17, 15) is 18.0 Å². The van der Waals surface area contributed by atoms with Crippen LogP contribution in [0.3, 0.4) is 0 Å². The van der Waals surface area contributed by atoms with Crippen LogP contribution in [0.15, 0.2) is 11.4 Å². The Hall–Kier alpha value is -0.840. The van der Waals surface area contributed by atoms with E-state index in [1.54, 1.807) is 0 Å². The van der Waals surface area contributed by atoms with E-state index in [1.165, 1.54) is 0 Å². The maximum absolute atomic E-state index is 11.8. The number of hydrogen-bond acceptors (Lipinski definition) is 2. The third kappa shape index (κ3) is 1.80. The van der Waals surface area contributed by atoms with Crippen molar-refractivity contribution >= 4 is 17.6 Å². The smallest absolute Gasteiger partial charge is 0.297 e. The highest BCUT2D eigenvalue weighted by molar-refractivity contribution is 7.11. The molecule has 1 aromatic rings. The highest BCUT2D eigenvalue weighted by atomic mass is 32.1. The van der Waals surface area contributed by atoms with Crippen LogP contribution in [0.25, 0.3) is 0 Å². The molecule has 0 fully saturated rings. The number of halogens is 3. The lowest BCUT2D eigenvalue weighted by molar-refractivity contribution is -0.137. The summed E-state index contributed by atoms with van der Waals surface area (Å²) in [6.07, 6.45) is -3.93. The molecule has 0 aliphatic heterocycles. The van der Waals surface area contributed by atoms with Gasteiger partial charge in [0.25, 0.3) is 0 Å². The second-order valence-corrected chi connectivity index (χ2v) is 2.80. The largest absolute Gasteiger partial charge is 0.417 e. The molecule has 1 heterocycles. The minimum absolute atomic E-state index is 0.0947. The Balaban J connectivity index is 2.98. The highest BCUT2D eigenvalue weighted by Gasteiger charge is 2.31. The molecular weight excluding hydrogens is 177 g/mol. The Morgan fingerprint density at radius 2 is 2.09 bits per heavy atom. The van der Waals surface area contributed by atoms with Gasteiger partial charge in [-0.05, 0) is 6.07 Å². The molecule has 0 unspecified atom stereocenters. The van der Waals surface area contributed by atoms with Gasteiger partial charge in [-0.15, -0.1) is 11.3 Å². The van der Waals surface area contributed by atoms with Gasteiger partial charge in [-0.2, -0.15) is 13.2 Å². The Morgan fingerprint density at radius 1 is 1.45 bits per heavy atom. The Bertz CT molecular complexity index is 263. The number of carbonyl (C=O) groups is 1. The van der Waals surface area contributed by atoms with Crippen molar-refractivity contribution in [3.8, 4) is 0 Å². The predicted molar refractivity (Wildman–Crippen MR) is 34.7 cm³/mol. The summed E-state index contributed by atoms with van der Waals surface area (Å²) in [7, 11) is 0. The molecule has 0 saturated carbocycles. The Kier molecular flexibility index (Phi) is 1.99. The van der Waals surface area contributed by atoms with Gasteiger partial charge in [0.1, 0.15) is 0 Å². The summed E-state index contributed by atoms with van der Waals surface area (Å²) >= 11 is 0.788. The Morgan fingerprint density at radius 3 is 2.36 bits per heavy atom. The van der Waals surface area contributed by atoms with Gasteiger partial charge in [-0.3, -0.25) is 4.79 Å². The van der Waals surface area contributed by atoms with Crippen LogP contribution in [-0.2, 0) is 6.18 Å². The molecule has 0 aliphatic rings. The van der Waals surface area contributed by atoms with Crippen molar-refractivity contribution in [3.63, 3.8) is 0 Å². The van der Waals surface area contributed by atoms with E-state index in [4.69, 9.17) is 0 Å². The first-order chi connectivity index (χ1) is 5.04. The van der Waals surface area contributed by atoms with Gasteiger partial charge in [-0.1, -0.05) is 0 Å². The highest BCUT2D eigenvalue weighted by Crippen LogP contribution is 2.31. The van der Waals surface area contributed by atoms with E-state index >= 15 is 0 Å². The van der Waals surface area contributed by atoms with E-state index in [1.807, 2.05) is 0 Å². The van der Waals surface area contributed by atoms with Gasteiger partial charge >= 0.3 is 6.18 Å². The molecule has 1 rings (SSSR count). The van der Waals surface area contributed by atoms with Crippen LogP contribution in [0, 0.1) is 0 Å². The number of hydrogen-bond donors (Lipinski definition) is 0. The van der Waals surface area contributed by atoms with Crippen LogP contribution >= 0.6 is 11.3 Å². The average molecular weight is 180 g/mol. The lowest BCUT2D eigenvalue weighted by Gasteiger charge is -2.00. The fourth-order valence-electron chi connectivity index (χ4n) is 0.563. The number of aldehydes is 1. The first-order valence-corrected chi connectivity index (χ1v) is 3.53. The van der Waals surface area contributed by atoms with Crippen LogP contribution < -0.4 is 0 Å². The summed E-state index contributed by atoms with van der Waals surface area (Å²) in [5, 5.41) is 0.920. The first-order valence-electron chi connectivity index (χ1n) is 2.65. The fraction of sp³-hybridized carbons (Fsp3) is 0.167. The Labute approximate surface area is 64.5 Å². The molecule has 0 N–H and O–H groups in total. The summed E-state index contributed by atoms with van der Waals surface area (Å²) in [6.45, 7) is 0. The van der Waals surface area contributed by atoms with Gasteiger partial charge in [0.2, 0.25) is 0 Å². The van der Waals surface area contributed by atoms with Crippen molar-refractivity contribution in [3.05, 3.63) is 21.9 Å². The van der Waals surface area contributed by atoms with Gasteiger partial charge in [0, 0.05) is 5.38 Å². The standard InChI is InChI=1S/C6H3F3OS/c7-6(8,9)4-1-5(2-10)11-3-4/h1-3H. The van der Waals surface area contributed by atoms with Crippen molar-refractivity contribution in [1.82, 2.24) is 0 Å². The number of thiophene rings is 1. The summed E-state index contributed by atoms with van der Waals surface area (Å²) < 4.78 is 35.5. The van der Waals surface area contributed by atoms with E-state index in [0.717, 1.165) is 22.8 Å². The summed E-state index contributed by atoms with van der Waals surface area (Å²) in [4.78, 5) is 10.1. The van der Waals surface area contributed by atoms with Crippen molar-refractivity contribution in [2.24, 2.45) is 0 Å². The van der Waals surface area contributed by atoms with Crippen LogP contribution in [-0.4, -0.2) is 6.29 Å². The van der Waals surface area contributed by atoms with Crippen molar-refractivity contribution < 1.29 is 18.0 Å². The minimum Gasteiger partial charge on any atom is -0.297 e. The summed E-state index contributed by atoms with van der Waals surface area (Å²) in [5.74, 6) is 0. The van der Waals surface area contributed by atoms with E-state index < -0.39 is 11.7 Å². The molecule has 1 aromatic heterocycles. The van der Waals surface area contributed by atoms with Crippen molar-refractivity contribution in [2.45, 2.75) is 6.18 Å². The lowest BCUT2D eigenvalue weighted by Crippen LogP contribution is -2.01. The van der Waals surface area contributed by atoms with Crippen molar-refractivity contribution in [2.75, 3.05) is 0 Å². The van der Waals surface area contributed by atoms with Crippen LogP contribution in [0.5, 0.6) is 0 Å². The summed E-state index contributed by atoms with van der Waals surface area (Å²) in [6, 6.07) is 0.831. The molecule has 0 atom stereocenters. The van der Waals surface area contributed by atoms with Crippen LogP contribution in [0.4, 0.5) is 13.2 Å². The first kappa shape index (κ1) is 8.26. The zero-order valence-corrected chi connectivity index (χ0v) is 6.00. The van der Waals surface area contributed by atoms with E-state index in [0.29, 0.717) is 6.29 Å². The summed E-state index contributed by atoms with van der Waals surface area (Å²) in [5.41, 5.74) is -0.760. The van der Waals surface area contributed by atoms with Crippen LogP contribution in [0.2, 0.25) is 0 Å². The quantitative estimate of drug-likeness (QED) is 0.607. The lowest BCUT2D eigenvalue weighted by atomic mass is 10.3. The topological polar surface area (TPSA) is 17.1 Å². The molecule has 5 heteroatoms. The molecule has 0 bridgehead atoms. The SMILES string of the molecule is O=Cc1cc(C(F)(F)F)cs1. The van der Waals surface area contributed by atoms with E-state index in [2.05, 4.69) is 0 Å². The molecule has 11 heavy (non-hydrogen) atoms. The molecule has 60 valence electrons. The number of carbonyl (C=O) groups excluding carboxylic acids is 1. The van der Waals surface area contributed by atoms with Gasteiger partial charge < -0.3 is 0 Å². The third-order valence-electron chi connectivity index (χ3n) is 1.06. The van der Waals surface area contributed by atoms with Crippen molar-refractivity contribution in [1.29, 1.82) is 0 Å². The molecule has 0 radical (unpaired) electrons. The predicted octanol–water partition coefficient (Wildman–Crippen LogP) is 2.58. The van der Waals surface area contributed by atoms with Gasteiger partial charge in [0.15, 0.2) is 6.29 Å². The second kappa shape index (κ2) is 2.65. The third-order valence-corrected chi connectivity index (χ3v) is 1.92. The maximum Gasteiger partial charge on any atom is 0.417 e. The normalized spacial score (nSPS) is 11.5. The van der Waals surface area contributed by atoms with Crippen LogP contribution in [0.1, 0.15) is 15.2 Å². The fourth-order valence-corrected chi connectivity index (χ4v) is 1.28. The molecule has 0 spiro atoms. The molecule has 0 saturated heterocycles. The molecule has 0 aromatic carbocycles. The minimum atomic E-state index is -4.34. The number of rotatable bonds is 1.